The Morgan fingerprint density at radius 3 is 1.67 bits per heavy atom. The second kappa shape index (κ2) is 18.8. The molecule has 67 heavy (non-hydrogen) atoms. The first-order chi connectivity index (χ1) is 32.3. The van der Waals surface area contributed by atoms with Crippen molar-refractivity contribution in [2.45, 2.75) is 84.0 Å². The molecule has 4 N–H and O–H groups in total. The van der Waals surface area contributed by atoms with Gasteiger partial charge in [0.1, 0.15) is 49.3 Å². The fourth-order valence-electron chi connectivity index (χ4n) is 9.58. The van der Waals surface area contributed by atoms with E-state index >= 15 is 0 Å². The van der Waals surface area contributed by atoms with E-state index in [4.69, 9.17) is 28.9 Å². The van der Waals surface area contributed by atoms with E-state index in [1.165, 1.54) is 47.6 Å². The summed E-state index contributed by atoms with van der Waals surface area (Å²) >= 11 is 0. The van der Waals surface area contributed by atoms with Crippen molar-refractivity contribution in [1.82, 2.24) is 40.4 Å². The normalized spacial score (nSPS) is 19.2. The van der Waals surface area contributed by atoms with E-state index < -0.39 is 36.4 Å². The number of imidazole rings is 2. The number of rotatable bonds is 10. The standard InChI is InChI=1S/C51H58N8O8/c1-27(2)44(56-50(62)64-6)48(60)58-25-66-23-42(58)46-52-38-16-14-34(21-40(38)54-46)36-19-30-8-10-31-12-13-32(29(5)18-33(36)11-9-30)20-37(31)35-15-17-39-41(22-35)55-47(53-39)43-24-67-26-59(43)49(61)45(28(3)4)57-51(63)65-7/h9,11-17,19-22,27-29,42-45H,8,10,18,23-26H2,1-7H3,(H,52,54)(H,53,55)(H,56,62)(H,57,63)/t29-,42?,43?,44?,45?/m1/s1. The summed E-state index contributed by atoms with van der Waals surface area (Å²) in [6, 6.07) is 23.9. The average molecular weight is 911 g/mol. The Bertz CT molecular complexity index is 2850. The van der Waals surface area contributed by atoms with Crippen LogP contribution in [0.3, 0.4) is 0 Å². The predicted octanol–water partition coefficient (Wildman–Crippen LogP) is 7.69. The summed E-state index contributed by atoms with van der Waals surface area (Å²) in [5.41, 5.74) is 12.8. The fraction of sp³-hybridized carbons (Fsp3) is 0.412. The maximum atomic E-state index is 13.7. The smallest absolute Gasteiger partial charge is 0.407 e. The summed E-state index contributed by atoms with van der Waals surface area (Å²) < 4.78 is 21.2. The number of alkyl carbamates (subject to hydrolysis) is 2. The summed E-state index contributed by atoms with van der Waals surface area (Å²) in [6.07, 6.45) is 1.17. The molecule has 2 fully saturated rings. The number of aryl methyl sites for hydroxylation is 2. The van der Waals surface area contributed by atoms with Crippen molar-refractivity contribution in [3.05, 3.63) is 107 Å². The van der Waals surface area contributed by atoms with Crippen LogP contribution in [0, 0.1) is 11.8 Å². The first-order valence-electron chi connectivity index (χ1n) is 23.0. The Labute approximate surface area is 389 Å². The number of amides is 4. The molecule has 4 aromatic carbocycles. The third kappa shape index (κ3) is 9.07. The number of ether oxygens (including phenoxy) is 4. The Hall–Kier alpha value is -6.78. The second-order valence-electron chi connectivity index (χ2n) is 18.6. The summed E-state index contributed by atoms with van der Waals surface area (Å²) in [4.78, 5) is 71.8. The highest BCUT2D eigenvalue weighted by Gasteiger charge is 2.40. The van der Waals surface area contributed by atoms with Crippen LogP contribution in [-0.4, -0.2) is 107 Å². The van der Waals surface area contributed by atoms with E-state index in [1.54, 1.807) is 9.80 Å². The SMILES string of the molecule is COC(=O)NC(C(=O)N1COCC1c1nc2ccc(-c3cc4ccc3CCc3ccc(c(-c5ccc6nc(C7COCN7C(=O)C(NC(=O)OC)C(C)C)[nH]c6c5)c3)C[C@H]4C)cc2[nH]1)C(C)C. The van der Waals surface area contributed by atoms with Crippen LogP contribution in [0.1, 0.15) is 86.5 Å². The molecule has 2 saturated heterocycles. The number of hydrogen-bond acceptors (Lipinski definition) is 10. The zero-order chi connectivity index (χ0) is 47.1. The maximum absolute atomic E-state index is 13.7. The average Bonchev–Trinajstić information content (AvgIpc) is 4.16. The lowest BCUT2D eigenvalue weighted by atomic mass is 9.84. The van der Waals surface area contributed by atoms with Gasteiger partial charge in [0.15, 0.2) is 0 Å². The molecule has 6 aromatic rings. The quantitative estimate of drug-likeness (QED) is 0.106. The Morgan fingerprint density at radius 1 is 0.657 bits per heavy atom. The number of methoxy groups -OCH3 is 2. The molecule has 4 aliphatic carbocycles. The molecule has 5 atom stereocenters. The zero-order valence-electron chi connectivity index (χ0n) is 39.0. The van der Waals surface area contributed by atoms with Crippen LogP contribution in [0.25, 0.3) is 44.3 Å². The predicted molar refractivity (Wildman–Crippen MR) is 252 cm³/mol. The molecule has 4 bridgehead atoms. The van der Waals surface area contributed by atoms with Gasteiger partial charge >= 0.3 is 12.2 Å². The number of benzene rings is 4. The lowest BCUT2D eigenvalue weighted by Crippen LogP contribution is -2.51. The minimum atomic E-state index is -0.778. The highest BCUT2D eigenvalue weighted by molar-refractivity contribution is 5.88. The van der Waals surface area contributed by atoms with Gasteiger partial charge in [0.2, 0.25) is 11.8 Å². The third-order valence-corrected chi connectivity index (χ3v) is 13.5. The minimum absolute atomic E-state index is 0.0936. The molecule has 0 saturated carbocycles. The second-order valence-corrected chi connectivity index (χ2v) is 18.6. The van der Waals surface area contributed by atoms with E-state index in [0.717, 1.165) is 52.5 Å². The molecule has 2 aromatic heterocycles. The monoisotopic (exact) mass is 910 g/mol. The van der Waals surface area contributed by atoms with Crippen molar-refractivity contribution in [2.24, 2.45) is 11.8 Å². The van der Waals surface area contributed by atoms with Gasteiger partial charge in [-0.05, 0) is 106 Å². The van der Waals surface area contributed by atoms with Gasteiger partial charge in [-0.1, -0.05) is 83.1 Å². The van der Waals surface area contributed by atoms with Gasteiger partial charge in [0.25, 0.3) is 0 Å². The van der Waals surface area contributed by atoms with Crippen LogP contribution < -0.4 is 10.6 Å². The van der Waals surface area contributed by atoms with Crippen LogP contribution >= 0.6 is 0 Å². The lowest BCUT2D eigenvalue weighted by Gasteiger charge is -2.28. The van der Waals surface area contributed by atoms with Crippen molar-refractivity contribution in [1.29, 1.82) is 0 Å². The van der Waals surface area contributed by atoms with Gasteiger partial charge in [0, 0.05) is 0 Å². The van der Waals surface area contributed by atoms with Gasteiger partial charge in [0.05, 0.1) is 49.5 Å². The summed E-state index contributed by atoms with van der Waals surface area (Å²) in [5, 5.41) is 5.36. The van der Waals surface area contributed by atoms with Gasteiger partial charge in [-0.15, -0.1) is 0 Å². The highest BCUT2D eigenvalue weighted by atomic mass is 16.5. The van der Waals surface area contributed by atoms with E-state index in [0.29, 0.717) is 11.6 Å². The molecule has 4 heterocycles. The number of aromatic nitrogens is 4. The number of carbonyl (C=O) groups is 4. The number of fused-ring (bicyclic) bond motifs is 2. The van der Waals surface area contributed by atoms with Gasteiger partial charge < -0.3 is 49.3 Å². The van der Waals surface area contributed by atoms with Crippen molar-refractivity contribution in [3.8, 4) is 22.3 Å². The largest absolute Gasteiger partial charge is 0.453 e. The molecule has 6 aliphatic rings. The summed E-state index contributed by atoms with van der Waals surface area (Å²) in [7, 11) is 2.56. The molecule has 12 rings (SSSR count). The van der Waals surface area contributed by atoms with Gasteiger partial charge in [-0.3, -0.25) is 9.59 Å². The highest BCUT2D eigenvalue weighted by Crippen LogP contribution is 2.38. The number of H-pyrrole nitrogens is 2. The minimum Gasteiger partial charge on any atom is -0.453 e. The van der Waals surface area contributed by atoms with Crippen LogP contribution in [0.15, 0.2) is 72.8 Å². The van der Waals surface area contributed by atoms with E-state index in [-0.39, 0.29) is 56.2 Å². The molecule has 0 radical (unpaired) electrons. The number of hydrogen-bond donors (Lipinski definition) is 4. The van der Waals surface area contributed by atoms with E-state index in [1.807, 2.05) is 39.8 Å². The summed E-state index contributed by atoms with van der Waals surface area (Å²) in [5.74, 6) is 0.604. The number of aromatic amines is 2. The summed E-state index contributed by atoms with van der Waals surface area (Å²) in [6.45, 7) is 10.5. The Balaban J connectivity index is 0.958. The zero-order valence-corrected chi connectivity index (χ0v) is 39.0. The number of nitrogens with one attached hydrogen (secondary N) is 4. The van der Waals surface area contributed by atoms with Crippen LogP contribution in [0.4, 0.5) is 9.59 Å². The van der Waals surface area contributed by atoms with E-state index in [9.17, 15) is 19.2 Å². The van der Waals surface area contributed by atoms with Crippen LogP contribution in [0.5, 0.6) is 0 Å². The number of nitrogens with zero attached hydrogens (tertiary/aromatic N) is 4. The maximum Gasteiger partial charge on any atom is 0.407 e. The van der Waals surface area contributed by atoms with Crippen molar-refractivity contribution in [2.75, 3.05) is 40.9 Å². The van der Waals surface area contributed by atoms with E-state index in [2.05, 4.69) is 88.2 Å². The first-order valence-corrected chi connectivity index (χ1v) is 23.0. The molecular formula is C51H58N8O8. The molecule has 0 spiro atoms. The third-order valence-electron chi connectivity index (χ3n) is 13.5. The van der Waals surface area contributed by atoms with Crippen LogP contribution in [0.2, 0.25) is 0 Å². The molecule has 16 heteroatoms. The molecule has 350 valence electrons. The Morgan fingerprint density at radius 2 is 1.16 bits per heavy atom. The van der Waals surface area contributed by atoms with Crippen molar-refractivity contribution in [3.63, 3.8) is 0 Å². The molecule has 2 aliphatic heterocycles. The van der Waals surface area contributed by atoms with Crippen molar-refractivity contribution >= 4 is 46.1 Å². The molecule has 4 unspecified atom stereocenters. The van der Waals surface area contributed by atoms with Crippen LogP contribution in [-0.2, 0) is 47.8 Å². The van der Waals surface area contributed by atoms with Crippen molar-refractivity contribution < 1.29 is 38.1 Å². The first kappa shape index (κ1) is 45.4. The topological polar surface area (TPSA) is 193 Å². The molecule has 16 nitrogen and oxygen atoms in total. The van der Waals surface area contributed by atoms with Gasteiger partial charge in [-0.25, -0.2) is 19.6 Å². The van der Waals surface area contributed by atoms with Gasteiger partial charge in [-0.2, -0.15) is 0 Å². The molecule has 4 amide bonds. The lowest BCUT2D eigenvalue weighted by molar-refractivity contribution is -0.137. The Kier molecular flexibility index (Phi) is 12.8. The molecular weight excluding hydrogens is 853 g/mol. The number of carbonyl (C=O) groups excluding carboxylic acids is 4. The fourth-order valence-corrected chi connectivity index (χ4v) is 9.58.